The van der Waals surface area contributed by atoms with Crippen molar-refractivity contribution in [2.24, 2.45) is 0 Å². The standard InChI is InChI=1S/C19H18FNO/c1-15-14-22-19(11-16-7-9-18(20)10-8-16)13-21(15)12-17-5-3-2-4-6-17/h2-3,5,7-10,14,19H,11-13H2,1H3/t19-/m0/s1. The zero-order valence-electron chi connectivity index (χ0n) is 12.6. The Morgan fingerprint density at radius 3 is 2.86 bits per heavy atom. The van der Waals surface area contributed by atoms with Crippen LogP contribution in [0.2, 0.25) is 0 Å². The quantitative estimate of drug-likeness (QED) is 0.785. The molecule has 2 aliphatic rings. The molecule has 1 aromatic rings. The number of hydrogen-bond donors (Lipinski definition) is 0. The minimum absolute atomic E-state index is 0.0712. The summed E-state index contributed by atoms with van der Waals surface area (Å²) in [7, 11) is 0. The molecule has 1 aliphatic heterocycles. The van der Waals surface area contributed by atoms with Gasteiger partial charge in [-0.2, -0.15) is 0 Å². The topological polar surface area (TPSA) is 12.5 Å². The zero-order valence-corrected chi connectivity index (χ0v) is 12.6. The van der Waals surface area contributed by atoms with Gasteiger partial charge in [-0.15, -0.1) is 0 Å². The average molecular weight is 295 g/mol. The minimum atomic E-state index is -0.207. The molecule has 2 nitrogen and oxygen atoms in total. The molecule has 0 radical (unpaired) electrons. The van der Waals surface area contributed by atoms with E-state index in [-0.39, 0.29) is 11.9 Å². The van der Waals surface area contributed by atoms with Crippen LogP contribution < -0.4 is 0 Å². The number of benzene rings is 1. The van der Waals surface area contributed by atoms with Gasteiger partial charge < -0.3 is 9.64 Å². The van der Waals surface area contributed by atoms with Crippen LogP contribution in [0.5, 0.6) is 0 Å². The van der Waals surface area contributed by atoms with Gasteiger partial charge in [0.25, 0.3) is 0 Å². The van der Waals surface area contributed by atoms with Gasteiger partial charge in [0.1, 0.15) is 18.2 Å². The Balaban J connectivity index is 1.66. The fraction of sp³-hybridized carbons (Fsp3) is 0.263. The van der Waals surface area contributed by atoms with Gasteiger partial charge in [-0.05, 0) is 36.8 Å². The molecule has 0 unspecified atom stereocenters. The lowest BCUT2D eigenvalue weighted by molar-refractivity contribution is 0.0784. The summed E-state index contributed by atoms with van der Waals surface area (Å²) in [4.78, 5) is 2.28. The first-order valence-electron chi connectivity index (χ1n) is 7.39. The number of halogens is 1. The van der Waals surface area contributed by atoms with E-state index in [0.29, 0.717) is 0 Å². The highest BCUT2D eigenvalue weighted by molar-refractivity contribution is 5.28. The predicted molar refractivity (Wildman–Crippen MR) is 84.6 cm³/mol. The molecule has 0 fully saturated rings. The van der Waals surface area contributed by atoms with E-state index in [2.05, 4.69) is 16.4 Å². The highest BCUT2D eigenvalue weighted by Crippen LogP contribution is 2.19. The van der Waals surface area contributed by atoms with Crippen molar-refractivity contribution in [2.75, 3.05) is 13.1 Å². The van der Waals surface area contributed by atoms with E-state index >= 15 is 0 Å². The average Bonchev–Trinajstić information content (AvgIpc) is 2.54. The third-order valence-corrected chi connectivity index (χ3v) is 3.80. The maximum absolute atomic E-state index is 13.0. The molecule has 0 saturated carbocycles. The van der Waals surface area contributed by atoms with E-state index in [9.17, 15) is 4.39 Å². The van der Waals surface area contributed by atoms with Crippen LogP contribution in [0.15, 0.2) is 71.5 Å². The van der Waals surface area contributed by atoms with E-state index in [1.807, 2.05) is 43.5 Å². The van der Waals surface area contributed by atoms with Crippen molar-refractivity contribution in [1.82, 2.24) is 4.90 Å². The summed E-state index contributed by atoms with van der Waals surface area (Å²) < 4.78 is 18.7. The molecule has 0 aromatic heterocycles. The molecule has 22 heavy (non-hydrogen) atoms. The Kier molecular flexibility index (Phi) is 4.29. The van der Waals surface area contributed by atoms with Gasteiger partial charge in [-0.1, -0.05) is 29.7 Å². The van der Waals surface area contributed by atoms with E-state index in [4.69, 9.17) is 4.74 Å². The fourth-order valence-corrected chi connectivity index (χ4v) is 2.57. The Morgan fingerprint density at radius 2 is 2.14 bits per heavy atom. The number of allylic oxidation sites excluding steroid dienone is 3. The molecule has 3 rings (SSSR count). The van der Waals surface area contributed by atoms with Gasteiger partial charge in [0.05, 0.1) is 13.1 Å². The van der Waals surface area contributed by atoms with Crippen molar-refractivity contribution in [3.63, 3.8) is 0 Å². The van der Waals surface area contributed by atoms with Gasteiger partial charge in [-0.3, -0.25) is 0 Å². The van der Waals surface area contributed by atoms with Crippen LogP contribution in [0.1, 0.15) is 12.5 Å². The van der Waals surface area contributed by atoms with Crippen LogP contribution in [0.25, 0.3) is 0 Å². The molecule has 1 atom stereocenters. The molecule has 0 amide bonds. The minimum Gasteiger partial charge on any atom is -0.494 e. The first-order chi connectivity index (χ1) is 10.7. The number of hydrogen-bond acceptors (Lipinski definition) is 2. The molecular formula is C19H18FNO. The lowest BCUT2D eigenvalue weighted by atomic mass is 10.1. The first kappa shape index (κ1) is 14.5. The highest BCUT2D eigenvalue weighted by atomic mass is 19.1. The Hall–Kier alpha value is -2.47. The van der Waals surface area contributed by atoms with Crippen LogP contribution in [-0.2, 0) is 11.2 Å². The zero-order chi connectivity index (χ0) is 15.4. The Labute approximate surface area is 130 Å². The number of rotatable bonds is 4. The lowest BCUT2D eigenvalue weighted by Gasteiger charge is -2.34. The van der Waals surface area contributed by atoms with Gasteiger partial charge in [-0.25, -0.2) is 4.39 Å². The highest BCUT2D eigenvalue weighted by Gasteiger charge is 2.21. The molecule has 0 saturated heterocycles. The van der Waals surface area contributed by atoms with Crippen molar-refractivity contribution in [3.8, 4) is 0 Å². The maximum atomic E-state index is 13.0. The largest absolute Gasteiger partial charge is 0.494 e. The van der Waals surface area contributed by atoms with Crippen LogP contribution in [0.3, 0.4) is 0 Å². The second kappa shape index (κ2) is 6.53. The van der Waals surface area contributed by atoms with E-state index in [1.54, 1.807) is 0 Å². The van der Waals surface area contributed by atoms with Crippen LogP contribution in [-0.4, -0.2) is 24.1 Å². The third kappa shape index (κ3) is 3.59. The third-order valence-electron chi connectivity index (χ3n) is 3.80. The Morgan fingerprint density at radius 1 is 1.32 bits per heavy atom. The van der Waals surface area contributed by atoms with Crippen molar-refractivity contribution in [1.29, 1.82) is 0 Å². The summed E-state index contributed by atoms with van der Waals surface area (Å²) in [5.41, 5.74) is 9.41. The van der Waals surface area contributed by atoms with Crippen LogP contribution >= 0.6 is 0 Å². The molecule has 0 bridgehead atoms. The van der Waals surface area contributed by atoms with E-state index in [1.165, 1.54) is 12.1 Å². The summed E-state index contributed by atoms with van der Waals surface area (Å²) in [5, 5.41) is 0. The first-order valence-corrected chi connectivity index (χ1v) is 7.39. The summed E-state index contributed by atoms with van der Waals surface area (Å²) in [5.74, 6) is -0.207. The molecule has 1 aliphatic carbocycles. The van der Waals surface area contributed by atoms with Crippen molar-refractivity contribution in [3.05, 3.63) is 82.9 Å². The smallest absolute Gasteiger partial charge is 0.123 e. The summed E-state index contributed by atoms with van der Waals surface area (Å²) in [6.45, 7) is 3.65. The molecule has 3 heteroatoms. The molecule has 112 valence electrons. The molecular weight excluding hydrogens is 277 g/mol. The normalized spacial score (nSPS) is 19.7. The SMILES string of the molecule is CC1=CO[C@@H](Cc2ccc(F)cc2)CN1CC1=C=C=CC=C1. The summed E-state index contributed by atoms with van der Waals surface area (Å²) >= 11 is 0. The maximum Gasteiger partial charge on any atom is 0.123 e. The van der Waals surface area contributed by atoms with Gasteiger partial charge in [0.2, 0.25) is 0 Å². The molecule has 1 aromatic carbocycles. The molecule has 1 heterocycles. The van der Waals surface area contributed by atoms with Crippen LogP contribution in [0.4, 0.5) is 4.39 Å². The van der Waals surface area contributed by atoms with Gasteiger partial charge >= 0.3 is 0 Å². The van der Waals surface area contributed by atoms with E-state index < -0.39 is 0 Å². The number of ether oxygens (including phenoxy) is 1. The van der Waals surface area contributed by atoms with Gasteiger partial charge in [0, 0.05) is 17.7 Å². The molecule has 0 N–H and O–H groups in total. The second-order valence-electron chi connectivity index (χ2n) is 5.55. The summed E-state index contributed by atoms with van der Waals surface area (Å²) in [6, 6.07) is 6.61. The van der Waals surface area contributed by atoms with Crippen LogP contribution in [0, 0.1) is 5.82 Å². The van der Waals surface area contributed by atoms with E-state index in [0.717, 1.165) is 36.3 Å². The van der Waals surface area contributed by atoms with Gasteiger partial charge in [0.15, 0.2) is 0 Å². The van der Waals surface area contributed by atoms with Crippen molar-refractivity contribution >= 4 is 0 Å². The van der Waals surface area contributed by atoms with Crippen molar-refractivity contribution in [2.45, 2.75) is 19.4 Å². The second-order valence-corrected chi connectivity index (χ2v) is 5.55. The Bertz CT molecular complexity index is 701. The lowest BCUT2D eigenvalue weighted by Crippen LogP contribution is -2.38. The number of nitrogens with zero attached hydrogens (tertiary/aromatic N) is 1. The van der Waals surface area contributed by atoms with Crippen molar-refractivity contribution < 1.29 is 9.13 Å². The molecule has 0 spiro atoms. The summed E-state index contributed by atoms with van der Waals surface area (Å²) in [6.07, 6.45) is 8.52. The monoisotopic (exact) mass is 295 g/mol. The predicted octanol–water partition coefficient (Wildman–Crippen LogP) is 3.74. The fourth-order valence-electron chi connectivity index (χ4n) is 2.57.